The minimum absolute atomic E-state index is 0.156. The van der Waals surface area contributed by atoms with Gasteiger partial charge in [0.15, 0.2) is 0 Å². The van der Waals surface area contributed by atoms with Crippen molar-refractivity contribution < 1.29 is 66.4 Å². The lowest BCUT2D eigenvalue weighted by molar-refractivity contribution is -0.145. The van der Waals surface area contributed by atoms with E-state index in [1.807, 2.05) is 6.07 Å². The van der Waals surface area contributed by atoms with Gasteiger partial charge in [-0.2, -0.15) is 0 Å². The van der Waals surface area contributed by atoms with Crippen LogP contribution < -0.4 is 0 Å². The van der Waals surface area contributed by atoms with E-state index in [1.54, 1.807) is 24.3 Å². The molecular weight excluding hydrogens is 656 g/mol. The van der Waals surface area contributed by atoms with Crippen molar-refractivity contribution in [1.29, 1.82) is 0 Å². The number of carbonyl (C=O) groups is 2. The van der Waals surface area contributed by atoms with Crippen molar-refractivity contribution in [3.05, 3.63) is 35.9 Å². The highest BCUT2D eigenvalue weighted by Gasteiger charge is 2.05. The standard InChI is InChI=1S/C36H62O14/c1-2-3-4-8-11-35(37)49-32-30-47-28-26-45-24-22-43-20-18-41-16-14-39-12-13-40-15-17-42-19-21-44-23-25-46-27-29-48-31-33-50-36(38)34-9-6-5-7-10-34/h5-7,9-10H,2-4,8,11-33H2,1H3. The Morgan fingerprint density at radius 2 is 0.720 bits per heavy atom. The molecule has 290 valence electrons. The van der Waals surface area contributed by atoms with Crippen LogP contribution in [0, 0.1) is 0 Å². The number of rotatable bonds is 39. The molecular formula is C36H62O14. The van der Waals surface area contributed by atoms with E-state index in [1.165, 1.54) is 0 Å². The molecule has 0 aliphatic carbocycles. The second kappa shape index (κ2) is 38.0. The van der Waals surface area contributed by atoms with Crippen LogP contribution in [-0.4, -0.2) is 157 Å². The van der Waals surface area contributed by atoms with Crippen molar-refractivity contribution in [2.24, 2.45) is 0 Å². The van der Waals surface area contributed by atoms with E-state index in [4.69, 9.17) is 56.8 Å². The second-order valence-corrected chi connectivity index (χ2v) is 10.7. The summed E-state index contributed by atoms with van der Waals surface area (Å²) in [5.74, 6) is -0.515. The molecule has 14 nitrogen and oxygen atoms in total. The van der Waals surface area contributed by atoms with Crippen LogP contribution in [0.15, 0.2) is 30.3 Å². The van der Waals surface area contributed by atoms with Gasteiger partial charge in [-0.05, 0) is 18.6 Å². The number of benzene rings is 1. The Bertz CT molecular complexity index is 860. The van der Waals surface area contributed by atoms with Crippen LogP contribution in [-0.2, 0) is 61.6 Å². The van der Waals surface area contributed by atoms with E-state index in [0.29, 0.717) is 144 Å². The highest BCUT2D eigenvalue weighted by molar-refractivity contribution is 5.89. The molecule has 0 radical (unpaired) electrons. The maximum Gasteiger partial charge on any atom is 0.338 e. The number of hydrogen-bond donors (Lipinski definition) is 0. The molecule has 0 unspecified atom stereocenters. The average molecular weight is 719 g/mol. The van der Waals surface area contributed by atoms with E-state index in [2.05, 4.69) is 6.92 Å². The highest BCUT2D eigenvalue weighted by Crippen LogP contribution is 2.03. The van der Waals surface area contributed by atoms with E-state index in [9.17, 15) is 9.59 Å². The lowest BCUT2D eigenvalue weighted by Gasteiger charge is -2.09. The van der Waals surface area contributed by atoms with Gasteiger partial charge in [-0.15, -0.1) is 0 Å². The molecule has 0 N–H and O–H groups in total. The zero-order valence-corrected chi connectivity index (χ0v) is 30.2. The van der Waals surface area contributed by atoms with Crippen LogP contribution in [0.2, 0.25) is 0 Å². The van der Waals surface area contributed by atoms with Crippen molar-refractivity contribution in [1.82, 2.24) is 0 Å². The lowest BCUT2D eigenvalue weighted by Crippen LogP contribution is -2.16. The van der Waals surface area contributed by atoms with Crippen molar-refractivity contribution >= 4 is 11.9 Å². The maximum atomic E-state index is 11.8. The number of hydrogen-bond acceptors (Lipinski definition) is 14. The Morgan fingerprint density at radius 3 is 1.06 bits per heavy atom. The zero-order chi connectivity index (χ0) is 35.8. The third-order valence-electron chi connectivity index (χ3n) is 6.54. The van der Waals surface area contributed by atoms with Crippen molar-refractivity contribution in [3.8, 4) is 0 Å². The Balaban J connectivity index is 1.64. The molecule has 0 amide bonds. The fourth-order valence-electron chi connectivity index (χ4n) is 3.91. The van der Waals surface area contributed by atoms with Gasteiger partial charge in [-0.25, -0.2) is 4.79 Å². The Kier molecular flexibility index (Phi) is 34.8. The predicted molar refractivity (Wildman–Crippen MR) is 185 cm³/mol. The van der Waals surface area contributed by atoms with E-state index in [0.717, 1.165) is 25.7 Å². The summed E-state index contributed by atoms with van der Waals surface area (Å²) < 4.78 is 64.8. The normalized spacial score (nSPS) is 11.2. The molecule has 1 aromatic rings. The first-order valence-electron chi connectivity index (χ1n) is 17.9. The topological polar surface area (TPSA) is 145 Å². The number of unbranched alkanes of at least 4 members (excludes halogenated alkanes) is 3. The molecule has 0 fully saturated rings. The minimum Gasteiger partial charge on any atom is -0.463 e. The van der Waals surface area contributed by atoms with Crippen LogP contribution in [0.3, 0.4) is 0 Å². The number of carbonyl (C=O) groups excluding carboxylic acids is 2. The summed E-state index contributed by atoms with van der Waals surface area (Å²) in [5.41, 5.74) is 0.523. The summed E-state index contributed by atoms with van der Waals surface area (Å²) in [6, 6.07) is 8.84. The smallest absolute Gasteiger partial charge is 0.338 e. The molecule has 0 spiro atoms. The van der Waals surface area contributed by atoms with Gasteiger partial charge < -0.3 is 56.8 Å². The summed E-state index contributed by atoms with van der Waals surface area (Å²) >= 11 is 0. The molecule has 0 bridgehead atoms. The fourth-order valence-corrected chi connectivity index (χ4v) is 3.91. The van der Waals surface area contributed by atoms with E-state index in [-0.39, 0.29) is 25.2 Å². The summed E-state index contributed by atoms with van der Waals surface area (Å²) in [4.78, 5) is 23.3. The molecule has 0 heterocycles. The van der Waals surface area contributed by atoms with Crippen LogP contribution in [0.1, 0.15) is 49.4 Å². The van der Waals surface area contributed by atoms with Gasteiger partial charge in [0, 0.05) is 6.42 Å². The number of ether oxygens (including phenoxy) is 12. The molecule has 1 rings (SSSR count). The van der Waals surface area contributed by atoms with Gasteiger partial charge in [-0.1, -0.05) is 44.4 Å². The third-order valence-corrected chi connectivity index (χ3v) is 6.54. The first-order chi connectivity index (χ1) is 24.7. The van der Waals surface area contributed by atoms with Gasteiger partial charge in [0.05, 0.1) is 138 Å². The molecule has 0 aliphatic rings. The Morgan fingerprint density at radius 1 is 0.400 bits per heavy atom. The largest absolute Gasteiger partial charge is 0.463 e. The van der Waals surface area contributed by atoms with Crippen molar-refractivity contribution in [2.75, 3.05) is 145 Å². The first-order valence-corrected chi connectivity index (χ1v) is 17.9. The molecule has 1 aromatic carbocycles. The van der Waals surface area contributed by atoms with Gasteiger partial charge in [0.2, 0.25) is 0 Å². The van der Waals surface area contributed by atoms with Crippen LogP contribution >= 0.6 is 0 Å². The summed E-state index contributed by atoms with van der Waals surface area (Å²) in [5, 5.41) is 0. The van der Waals surface area contributed by atoms with Gasteiger partial charge in [-0.3, -0.25) is 4.79 Å². The average Bonchev–Trinajstić information content (AvgIpc) is 3.13. The second-order valence-electron chi connectivity index (χ2n) is 10.7. The Labute approximate surface area is 298 Å². The molecule has 0 saturated heterocycles. The fraction of sp³-hybridized carbons (Fsp3) is 0.778. The van der Waals surface area contributed by atoms with Crippen molar-refractivity contribution in [2.45, 2.75) is 39.0 Å². The SMILES string of the molecule is CCCCCCC(=O)OCCOCCOCCOCCOCCOCCOCCOCCOCCOCCOCCOC(=O)c1ccccc1. The lowest BCUT2D eigenvalue weighted by atomic mass is 10.2. The Hall–Kier alpha value is -2.24. The highest BCUT2D eigenvalue weighted by atomic mass is 16.6. The quantitative estimate of drug-likeness (QED) is 0.0723. The van der Waals surface area contributed by atoms with Gasteiger partial charge >= 0.3 is 11.9 Å². The van der Waals surface area contributed by atoms with Crippen molar-refractivity contribution in [3.63, 3.8) is 0 Å². The first kappa shape index (κ1) is 45.8. The zero-order valence-electron chi connectivity index (χ0n) is 30.2. The molecule has 0 aliphatic heterocycles. The summed E-state index contributed by atoms with van der Waals surface area (Å²) in [7, 11) is 0. The van der Waals surface area contributed by atoms with E-state index < -0.39 is 0 Å². The molecule has 50 heavy (non-hydrogen) atoms. The minimum atomic E-state index is -0.359. The molecule has 14 heteroatoms. The molecule has 0 aromatic heterocycles. The number of esters is 2. The molecule has 0 saturated carbocycles. The monoisotopic (exact) mass is 718 g/mol. The van der Waals surface area contributed by atoms with Gasteiger partial charge in [0.1, 0.15) is 13.2 Å². The third kappa shape index (κ3) is 32.9. The van der Waals surface area contributed by atoms with E-state index >= 15 is 0 Å². The summed E-state index contributed by atoms with van der Waals surface area (Å²) in [6.07, 6.45) is 4.74. The molecule has 0 atom stereocenters. The van der Waals surface area contributed by atoms with Crippen LogP contribution in [0.4, 0.5) is 0 Å². The maximum absolute atomic E-state index is 11.8. The van der Waals surface area contributed by atoms with Gasteiger partial charge in [0.25, 0.3) is 0 Å². The predicted octanol–water partition coefficient (Wildman–Crippen LogP) is 3.52. The van der Waals surface area contributed by atoms with Crippen LogP contribution in [0.5, 0.6) is 0 Å². The summed E-state index contributed by atoms with van der Waals surface area (Å²) in [6.45, 7) is 11.8. The van der Waals surface area contributed by atoms with Crippen LogP contribution in [0.25, 0.3) is 0 Å².